The van der Waals surface area contributed by atoms with Gasteiger partial charge in [-0.3, -0.25) is 9.59 Å². The second-order valence-corrected chi connectivity index (χ2v) is 15.0. The number of hydrogen-bond acceptors (Lipinski definition) is 5. The van der Waals surface area contributed by atoms with E-state index in [2.05, 4.69) is 80.2 Å². The van der Waals surface area contributed by atoms with Gasteiger partial charge < -0.3 is 14.4 Å². The minimum Gasteiger partial charge on any atom is -0.461 e. The van der Waals surface area contributed by atoms with Crippen molar-refractivity contribution in [1.29, 1.82) is 0 Å². The predicted molar refractivity (Wildman–Crippen MR) is 156 cm³/mol. The lowest BCUT2D eigenvalue weighted by Crippen LogP contribution is -2.48. The average Bonchev–Trinajstić information content (AvgIpc) is 2.65. The number of ether oxygens (including phenoxy) is 2. The summed E-state index contributed by atoms with van der Waals surface area (Å²) in [4.78, 5) is 28.1. The molecule has 0 aliphatic heterocycles. The monoisotopic (exact) mass is 523 g/mol. The van der Waals surface area contributed by atoms with Crippen molar-refractivity contribution in [2.75, 3.05) is 27.2 Å². The third-order valence-corrected chi connectivity index (χ3v) is 6.85. The maximum atomic E-state index is 13.2. The zero-order chi connectivity index (χ0) is 29.2. The molecule has 0 aromatic rings. The minimum atomic E-state index is -0.714. The Bertz CT molecular complexity index is 729. The fraction of sp³-hybridized carbons (Fsp3) is 0.875. The van der Waals surface area contributed by atoms with E-state index in [-0.39, 0.29) is 35.5 Å². The van der Waals surface area contributed by atoms with Crippen LogP contribution in [-0.4, -0.2) is 50.2 Å². The summed E-state index contributed by atoms with van der Waals surface area (Å²) in [5.41, 5.74) is -1.30. The molecular weight excluding hydrogens is 462 g/mol. The molecule has 0 aromatic carbocycles. The van der Waals surface area contributed by atoms with Crippen molar-refractivity contribution in [2.45, 2.75) is 121 Å². The quantitative estimate of drug-likeness (QED) is 0.143. The van der Waals surface area contributed by atoms with Crippen LogP contribution in [0, 0.1) is 33.5 Å². The van der Waals surface area contributed by atoms with Crippen LogP contribution in [0.5, 0.6) is 0 Å². The molecule has 0 saturated heterocycles. The number of hydrogen-bond donors (Lipinski definition) is 0. The molecule has 0 aliphatic carbocycles. The van der Waals surface area contributed by atoms with Crippen molar-refractivity contribution in [1.82, 2.24) is 4.90 Å². The zero-order valence-corrected chi connectivity index (χ0v) is 26.9. The molecule has 1 atom stereocenters. The summed E-state index contributed by atoms with van der Waals surface area (Å²) >= 11 is 0. The average molecular weight is 524 g/mol. The van der Waals surface area contributed by atoms with Gasteiger partial charge in [0.25, 0.3) is 0 Å². The standard InChI is InChI=1S/C32H61NO4/c1-24(2)21-29(5,6)18-16-20-36-28(35)32(11,12)23-31(9,10)27(30(7,8)22-25(3)4)37-26(34)17-15-19-33(13)14/h16,18,24-25,27H,15,17,19-23H2,1-14H3/b18-16-. The highest BCUT2D eigenvalue weighted by atomic mass is 16.5. The third-order valence-electron chi connectivity index (χ3n) is 6.85. The Balaban J connectivity index is 5.53. The highest BCUT2D eigenvalue weighted by Gasteiger charge is 2.48. The van der Waals surface area contributed by atoms with Gasteiger partial charge in [0.15, 0.2) is 0 Å². The van der Waals surface area contributed by atoms with Crippen LogP contribution in [-0.2, 0) is 19.1 Å². The molecule has 0 bridgehead atoms. The summed E-state index contributed by atoms with van der Waals surface area (Å²) in [5.74, 6) is 0.694. The van der Waals surface area contributed by atoms with Crippen molar-refractivity contribution in [3.63, 3.8) is 0 Å². The van der Waals surface area contributed by atoms with Gasteiger partial charge >= 0.3 is 11.9 Å². The Labute approximate surface area is 230 Å². The lowest BCUT2D eigenvalue weighted by Gasteiger charge is -2.46. The Kier molecular flexibility index (Phi) is 14.2. The number of nitrogens with zero attached hydrogens (tertiary/aromatic N) is 1. The van der Waals surface area contributed by atoms with Crippen molar-refractivity contribution >= 4 is 11.9 Å². The number of carbonyl (C=O) groups excluding carboxylic acids is 2. The van der Waals surface area contributed by atoms with E-state index in [0.29, 0.717) is 24.7 Å². The number of allylic oxidation sites excluding steroid dienone is 1. The van der Waals surface area contributed by atoms with Gasteiger partial charge in [0.1, 0.15) is 12.7 Å². The molecule has 1 unspecified atom stereocenters. The molecule has 0 N–H and O–H groups in total. The fourth-order valence-electron chi connectivity index (χ4n) is 6.38. The lowest BCUT2D eigenvalue weighted by molar-refractivity contribution is -0.172. The second kappa shape index (κ2) is 14.7. The maximum absolute atomic E-state index is 13.2. The van der Waals surface area contributed by atoms with Crippen LogP contribution in [0.2, 0.25) is 0 Å². The number of rotatable bonds is 17. The van der Waals surface area contributed by atoms with E-state index >= 15 is 0 Å². The van der Waals surface area contributed by atoms with Crippen LogP contribution >= 0.6 is 0 Å². The molecule has 5 heteroatoms. The first-order valence-corrected chi connectivity index (χ1v) is 14.3. The summed E-state index contributed by atoms with van der Waals surface area (Å²) in [6, 6.07) is 0. The normalized spacial score (nSPS) is 14.6. The molecule has 0 fully saturated rings. The predicted octanol–water partition coefficient (Wildman–Crippen LogP) is 7.93. The van der Waals surface area contributed by atoms with Gasteiger partial charge in [-0.25, -0.2) is 0 Å². The topological polar surface area (TPSA) is 55.8 Å². The van der Waals surface area contributed by atoms with Gasteiger partial charge in [0, 0.05) is 17.3 Å². The molecular formula is C32H61NO4. The zero-order valence-electron chi connectivity index (χ0n) is 26.9. The van der Waals surface area contributed by atoms with Crippen LogP contribution in [0.15, 0.2) is 12.2 Å². The van der Waals surface area contributed by atoms with E-state index in [9.17, 15) is 9.59 Å². The summed E-state index contributed by atoms with van der Waals surface area (Å²) in [6.45, 7) is 26.8. The third kappa shape index (κ3) is 14.4. The molecule has 0 amide bonds. The second-order valence-electron chi connectivity index (χ2n) is 15.0. The summed E-state index contributed by atoms with van der Waals surface area (Å²) in [6.07, 6.45) is 7.52. The fourth-order valence-corrected chi connectivity index (χ4v) is 6.38. The number of esters is 2. The van der Waals surface area contributed by atoms with Crippen molar-refractivity contribution < 1.29 is 19.1 Å². The number of carbonyl (C=O) groups is 2. The van der Waals surface area contributed by atoms with E-state index in [0.717, 1.165) is 25.8 Å². The van der Waals surface area contributed by atoms with Gasteiger partial charge in [-0.2, -0.15) is 0 Å². The van der Waals surface area contributed by atoms with Crippen molar-refractivity contribution in [2.24, 2.45) is 33.5 Å². The summed E-state index contributed by atoms with van der Waals surface area (Å²) in [7, 11) is 4.01. The first-order valence-electron chi connectivity index (χ1n) is 14.3. The Hall–Kier alpha value is -1.36. The molecule has 0 aliphatic rings. The maximum Gasteiger partial charge on any atom is 0.311 e. The highest BCUT2D eigenvalue weighted by Crippen LogP contribution is 2.47. The first kappa shape index (κ1) is 35.6. The molecule has 0 spiro atoms. The molecule has 5 nitrogen and oxygen atoms in total. The molecule has 0 heterocycles. The van der Waals surface area contributed by atoms with Gasteiger partial charge in [-0.1, -0.05) is 81.4 Å². The van der Waals surface area contributed by atoms with E-state index < -0.39 is 10.8 Å². The summed E-state index contributed by atoms with van der Waals surface area (Å²) < 4.78 is 11.9. The van der Waals surface area contributed by atoms with Gasteiger partial charge in [0.2, 0.25) is 0 Å². The van der Waals surface area contributed by atoms with Crippen LogP contribution in [0.1, 0.15) is 115 Å². The van der Waals surface area contributed by atoms with Crippen molar-refractivity contribution in [3.8, 4) is 0 Å². The van der Waals surface area contributed by atoms with Crippen LogP contribution < -0.4 is 0 Å². The SMILES string of the molecule is CC(C)CC(C)(C)/C=C\COC(=O)C(C)(C)CC(C)(C)C(OC(=O)CCCN(C)C)C(C)(C)CC(C)C. The van der Waals surface area contributed by atoms with E-state index in [1.165, 1.54) is 0 Å². The lowest BCUT2D eigenvalue weighted by atomic mass is 9.63. The molecule has 0 aromatic heterocycles. The summed E-state index contributed by atoms with van der Waals surface area (Å²) in [5, 5.41) is 0. The van der Waals surface area contributed by atoms with Gasteiger partial charge in [-0.05, 0) is 77.4 Å². The van der Waals surface area contributed by atoms with Crippen LogP contribution in [0.3, 0.4) is 0 Å². The minimum absolute atomic E-state index is 0.0731. The first-order chi connectivity index (χ1) is 16.6. The van der Waals surface area contributed by atoms with Crippen LogP contribution in [0.25, 0.3) is 0 Å². The Morgan fingerprint density at radius 1 is 0.838 bits per heavy atom. The smallest absolute Gasteiger partial charge is 0.311 e. The largest absolute Gasteiger partial charge is 0.461 e. The van der Waals surface area contributed by atoms with Crippen LogP contribution in [0.4, 0.5) is 0 Å². The molecule has 0 rings (SSSR count). The van der Waals surface area contributed by atoms with Crippen molar-refractivity contribution in [3.05, 3.63) is 12.2 Å². The molecule has 0 saturated carbocycles. The van der Waals surface area contributed by atoms with E-state index in [4.69, 9.17) is 9.47 Å². The Morgan fingerprint density at radius 2 is 1.38 bits per heavy atom. The van der Waals surface area contributed by atoms with E-state index in [1.807, 2.05) is 34.0 Å². The van der Waals surface area contributed by atoms with Gasteiger partial charge in [0.05, 0.1) is 5.41 Å². The molecule has 0 radical (unpaired) electrons. The highest BCUT2D eigenvalue weighted by molar-refractivity contribution is 5.76. The van der Waals surface area contributed by atoms with E-state index in [1.54, 1.807) is 0 Å². The molecule has 218 valence electrons. The van der Waals surface area contributed by atoms with Gasteiger partial charge in [-0.15, -0.1) is 0 Å². The molecule has 37 heavy (non-hydrogen) atoms. The Morgan fingerprint density at radius 3 is 1.86 bits per heavy atom.